The molecule has 0 radical (unpaired) electrons. The molecule has 0 spiro atoms. The number of unbranched alkanes of at least 4 members (excludes halogenated alkanes) is 1. The van der Waals surface area contributed by atoms with Crippen LogP contribution < -0.4 is 4.74 Å². The lowest BCUT2D eigenvalue weighted by molar-refractivity contribution is 0.0729. The molecule has 1 aromatic heterocycles. The number of carbonyl (C=O) groups excluding carboxylic acids is 1. The third-order valence-electron chi connectivity index (χ3n) is 3.93. The van der Waals surface area contributed by atoms with Gasteiger partial charge in [-0.3, -0.25) is 4.79 Å². The quantitative estimate of drug-likeness (QED) is 0.817. The maximum atomic E-state index is 12.8. The second kappa shape index (κ2) is 6.69. The Morgan fingerprint density at radius 3 is 3.00 bits per heavy atom. The first kappa shape index (κ1) is 14.7. The third-order valence-corrected chi connectivity index (χ3v) is 3.93. The standard InChI is InChI=1S/C18H21NO3/c1-2-3-9-19(13-16-5-4-10-21-16)18(20)15-6-7-17-14(12-15)8-11-22-17/h4-7,10,12H,2-3,8-9,11,13H2,1H3. The second-order valence-electron chi connectivity index (χ2n) is 5.58. The summed E-state index contributed by atoms with van der Waals surface area (Å²) >= 11 is 0. The van der Waals surface area contributed by atoms with E-state index in [0.29, 0.717) is 13.2 Å². The van der Waals surface area contributed by atoms with Gasteiger partial charge in [-0.15, -0.1) is 0 Å². The highest BCUT2D eigenvalue weighted by Gasteiger charge is 2.20. The second-order valence-corrected chi connectivity index (χ2v) is 5.58. The number of nitrogens with zero attached hydrogens (tertiary/aromatic N) is 1. The number of hydrogen-bond acceptors (Lipinski definition) is 3. The number of benzene rings is 1. The number of amides is 1. The molecule has 0 aliphatic carbocycles. The van der Waals surface area contributed by atoms with Crippen LogP contribution in [0.5, 0.6) is 5.75 Å². The first-order valence-corrected chi connectivity index (χ1v) is 7.85. The summed E-state index contributed by atoms with van der Waals surface area (Å²) in [6.45, 7) is 4.09. The van der Waals surface area contributed by atoms with Crippen LogP contribution in [0.25, 0.3) is 0 Å². The van der Waals surface area contributed by atoms with Crippen molar-refractivity contribution in [1.29, 1.82) is 0 Å². The van der Waals surface area contributed by atoms with Gasteiger partial charge >= 0.3 is 0 Å². The van der Waals surface area contributed by atoms with Gasteiger partial charge < -0.3 is 14.1 Å². The van der Waals surface area contributed by atoms with Gasteiger partial charge in [0, 0.05) is 18.5 Å². The molecule has 3 rings (SSSR count). The van der Waals surface area contributed by atoms with Crippen molar-refractivity contribution in [1.82, 2.24) is 4.90 Å². The van der Waals surface area contributed by atoms with Crippen LogP contribution in [0.1, 0.15) is 41.4 Å². The molecule has 0 bridgehead atoms. The Kier molecular flexibility index (Phi) is 4.47. The Morgan fingerprint density at radius 2 is 2.23 bits per heavy atom. The lowest BCUT2D eigenvalue weighted by Gasteiger charge is -2.22. The third kappa shape index (κ3) is 3.16. The maximum Gasteiger partial charge on any atom is 0.254 e. The topological polar surface area (TPSA) is 42.7 Å². The molecule has 0 N–H and O–H groups in total. The van der Waals surface area contributed by atoms with Gasteiger partial charge in [-0.2, -0.15) is 0 Å². The van der Waals surface area contributed by atoms with E-state index in [1.807, 2.05) is 35.2 Å². The van der Waals surface area contributed by atoms with Crippen molar-refractivity contribution >= 4 is 5.91 Å². The van der Waals surface area contributed by atoms with Crippen LogP contribution in [0.2, 0.25) is 0 Å². The smallest absolute Gasteiger partial charge is 0.254 e. The first-order chi connectivity index (χ1) is 10.8. The molecule has 4 heteroatoms. The van der Waals surface area contributed by atoms with Gasteiger partial charge in [0.2, 0.25) is 0 Å². The van der Waals surface area contributed by atoms with Crippen LogP contribution >= 0.6 is 0 Å². The Labute approximate surface area is 130 Å². The molecule has 0 saturated heterocycles. The van der Waals surface area contributed by atoms with Gasteiger partial charge in [0.15, 0.2) is 0 Å². The lowest BCUT2D eigenvalue weighted by atomic mass is 10.1. The van der Waals surface area contributed by atoms with E-state index in [9.17, 15) is 4.79 Å². The molecule has 0 unspecified atom stereocenters. The van der Waals surface area contributed by atoms with Gasteiger partial charge in [-0.05, 0) is 42.3 Å². The predicted octanol–water partition coefficient (Wildman–Crippen LogP) is 3.66. The van der Waals surface area contributed by atoms with Gasteiger partial charge in [-0.25, -0.2) is 0 Å². The van der Waals surface area contributed by atoms with Crippen LogP contribution in [0.3, 0.4) is 0 Å². The maximum absolute atomic E-state index is 12.8. The predicted molar refractivity (Wildman–Crippen MR) is 84.0 cm³/mol. The Morgan fingerprint density at radius 1 is 1.32 bits per heavy atom. The van der Waals surface area contributed by atoms with Gasteiger partial charge in [0.1, 0.15) is 11.5 Å². The molecule has 22 heavy (non-hydrogen) atoms. The number of hydrogen-bond donors (Lipinski definition) is 0. The van der Waals surface area contributed by atoms with Crippen LogP contribution in [0, 0.1) is 0 Å². The molecule has 4 nitrogen and oxygen atoms in total. The molecule has 2 aromatic rings. The fraction of sp³-hybridized carbons (Fsp3) is 0.389. The van der Waals surface area contributed by atoms with E-state index in [1.165, 1.54) is 0 Å². The van der Waals surface area contributed by atoms with Gasteiger partial charge in [0.25, 0.3) is 5.91 Å². The fourth-order valence-corrected chi connectivity index (χ4v) is 2.69. The SMILES string of the molecule is CCCCN(Cc1ccco1)C(=O)c1ccc2c(c1)CCO2. The first-order valence-electron chi connectivity index (χ1n) is 7.85. The highest BCUT2D eigenvalue weighted by atomic mass is 16.5. The van der Waals surface area contributed by atoms with Crippen molar-refractivity contribution in [2.75, 3.05) is 13.2 Å². The van der Waals surface area contributed by atoms with E-state index >= 15 is 0 Å². The van der Waals surface area contributed by atoms with E-state index in [2.05, 4.69) is 6.92 Å². The molecular formula is C18H21NO3. The fourth-order valence-electron chi connectivity index (χ4n) is 2.69. The van der Waals surface area contributed by atoms with E-state index in [1.54, 1.807) is 6.26 Å². The minimum Gasteiger partial charge on any atom is -0.493 e. The Balaban J connectivity index is 1.78. The van der Waals surface area contributed by atoms with Crippen molar-refractivity contribution < 1.29 is 13.9 Å². The summed E-state index contributed by atoms with van der Waals surface area (Å²) in [5, 5.41) is 0. The number of fused-ring (bicyclic) bond motifs is 1. The van der Waals surface area contributed by atoms with Crippen molar-refractivity contribution in [2.24, 2.45) is 0 Å². The van der Waals surface area contributed by atoms with Crippen molar-refractivity contribution in [3.05, 3.63) is 53.5 Å². The highest BCUT2D eigenvalue weighted by Crippen LogP contribution is 2.26. The summed E-state index contributed by atoms with van der Waals surface area (Å²) in [4.78, 5) is 14.7. The van der Waals surface area contributed by atoms with E-state index in [0.717, 1.165) is 48.4 Å². The zero-order valence-electron chi connectivity index (χ0n) is 12.9. The van der Waals surface area contributed by atoms with E-state index in [4.69, 9.17) is 9.15 Å². The molecule has 1 aliphatic heterocycles. The Bertz CT molecular complexity index is 634. The number of rotatable bonds is 6. The molecule has 1 aliphatic rings. The minimum atomic E-state index is 0.0551. The molecule has 1 amide bonds. The average Bonchev–Trinajstić information content (AvgIpc) is 3.21. The highest BCUT2D eigenvalue weighted by molar-refractivity contribution is 5.94. The summed E-state index contributed by atoms with van der Waals surface area (Å²) in [6, 6.07) is 9.48. The van der Waals surface area contributed by atoms with E-state index in [-0.39, 0.29) is 5.91 Å². The molecule has 1 aromatic carbocycles. The lowest BCUT2D eigenvalue weighted by Crippen LogP contribution is -2.31. The van der Waals surface area contributed by atoms with Gasteiger partial charge in [0.05, 0.1) is 19.4 Å². The van der Waals surface area contributed by atoms with Crippen molar-refractivity contribution in [3.63, 3.8) is 0 Å². The summed E-state index contributed by atoms with van der Waals surface area (Å²) < 4.78 is 10.9. The molecule has 0 atom stereocenters. The zero-order chi connectivity index (χ0) is 15.4. The normalized spacial score (nSPS) is 12.8. The number of ether oxygens (including phenoxy) is 1. The molecule has 0 saturated carbocycles. The molecule has 2 heterocycles. The Hall–Kier alpha value is -2.23. The summed E-state index contributed by atoms with van der Waals surface area (Å²) in [5.74, 6) is 1.77. The summed E-state index contributed by atoms with van der Waals surface area (Å²) in [7, 11) is 0. The zero-order valence-corrected chi connectivity index (χ0v) is 12.9. The summed E-state index contributed by atoms with van der Waals surface area (Å²) in [6.07, 6.45) is 4.56. The summed E-state index contributed by atoms with van der Waals surface area (Å²) in [5.41, 5.74) is 1.85. The monoisotopic (exact) mass is 299 g/mol. The van der Waals surface area contributed by atoms with Crippen molar-refractivity contribution in [2.45, 2.75) is 32.7 Å². The largest absolute Gasteiger partial charge is 0.493 e. The number of carbonyl (C=O) groups is 1. The van der Waals surface area contributed by atoms with Crippen molar-refractivity contribution in [3.8, 4) is 5.75 Å². The van der Waals surface area contributed by atoms with Crippen LogP contribution in [-0.4, -0.2) is 24.0 Å². The molecule has 116 valence electrons. The average molecular weight is 299 g/mol. The van der Waals surface area contributed by atoms with Crippen LogP contribution in [0.4, 0.5) is 0 Å². The number of furan rings is 1. The molecule has 0 fully saturated rings. The van der Waals surface area contributed by atoms with Gasteiger partial charge in [-0.1, -0.05) is 13.3 Å². The minimum absolute atomic E-state index is 0.0551. The van der Waals surface area contributed by atoms with Crippen LogP contribution in [0.15, 0.2) is 41.0 Å². The van der Waals surface area contributed by atoms with Crippen LogP contribution in [-0.2, 0) is 13.0 Å². The molecular weight excluding hydrogens is 278 g/mol. The van der Waals surface area contributed by atoms with E-state index < -0.39 is 0 Å².